The van der Waals surface area contributed by atoms with E-state index >= 15 is 0 Å². The van der Waals surface area contributed by atoms with Gasteiger partial charge in [0.2, 0.25) is 5.91 Å². The molecule has 10 nitrogen and oxygen atoms in total. The summed E-state index contributed by atoms with van der Waals surface area (Å²) in [4.78, 5) is 61.9. The van der Waals surface area contributed by atoms with E-state index in [9.17, 15) is 24.0 Å². The number of esters is 1. The molecular weight excluding hydrogens is 454 g/mol. The molecule has 0 saturated heterocycles. The van der Waals surface area contributed by atoms with E-state index in [2.05, 4.69) is 10.6 Å². The topological polar surface area (TPSA) is 131 Å². The van der Waals surface area contributed by atoms with E-state index in [1.165, 1.54) is 7.11 Å². The third-order valence-electron chi connectivity index (χ3n) is 5.33. The lowest BCUT2D eigenvalue weighted by Crippen LogP contribution is -2.35. The zero-order valence-electron chi connectivity index (χ0n) is 19.8. The van der Waals surface area contributed by atoms with E-state index in [1.54, 1.807) is 30.3 Å². The Labute approximate surface area is 202 Å². The summed E-state index contributed by atoms with van der Waals surface area (Å²) >= 11 is 0. The molecule has 0 aromatic heterocycles. The number of carbonyl (C=O) groups is 5. The highest BCUT2D eigenvalue weighted by Crippen LogP contribution is 2.25. The summed E-state index contributed by atoms with van der Waals surface area (Å²) < 4.78 is 10.1. The van der Waals surface area contributed by atoms with Gasteiger partial charge in [0.25, 0.3) is 17.7 Å². The van der Waals surface area contributed by atoms with E-state index in [-0.39, 0.29) is 37.7 Å². The highest BCUT2D eigenvalue weighted by Gasteiger charge is 2.35. The van der Waals surface area contributed by atoms with Crippen LogP contribution in [0.5, 0.6) is 5.75 Å². The first kappa shape index (κ1) is 25.4. The number of fused-ring (bicyclic) bond motifs is 1. The number of hydrogen-bond acceptors (Lipinski definition) is 7. The SMILES string of the molecule is COc1ccc(C)cc1NC(=O)CNC(=O)COC(=O)CCCN1C(=O)c2ccc(C)cc2C1=O. The van der Waals surface area contributed by atoms with Crippen molar-refractivity contribution in [2.45, 2.75) is 26.7 Å². The van der Waals surface area contributed by atoms with Gasteiger partial charge in [0.05, 0.1) is 30.5 Å². The molecule has 4 amide bonds. The Morgan fingerprint density at radius 3 is 2.34 bits per heavy atom. The smallest absolute Gasteiger partial charge is 0.306 e. The molecule has 0 saturated carbocycles. The van der Waals surface area contributed by atoms with Gasteiger partial charge in [-0.3, -0.25) is 28.9 Å². The molecule has 1 heterocycles. The number of amides is 4. The number of nitrogens with zero attached hydrogens (tertiary/aromatic N) is 1. The number of methoxy groups -OCH3 is 1. The molecule has 2 aromatic carbocycles. The third kappa shape index (κ3) is 6.44. The first-order valence-electron chi connectivity index (χ1n) is 11.0. The monoisotopic (exact) mass is 481 g/mol. The predicted molar refractivity (Wildman–Crippen MR) is 126 cm³/mol. The molecule has 0 bridgehead atoms. The highest BCUT2D eigenvalue weighted by atomic mass is 16.5. The minimum absolute atomic E-state index is 0.0648. The second-order valence-corrected chi connectivity index (χ2v) is 8.10. The predicted octanol–water partition coefficient (Wildman–Crippen LogP) is 1.99. The van der Waals surface area contributed by atoms with E-state index in [4.69, 9.17) is 9.47 Å². The minimum Gasteiger partial charge on any atom is -0.495 e. The van der Waals surface area contributed by atoms with Crippen molar-refractivity contribution in [2.24, 2.45) is 0 Å². The molecular formula is C25H27N3O7. The van der Waals surface area contributed by atoms with Gasteiger partial charge in [0.15, 0.2) is 6.61 Å². The largest absolute Gasteiger partial charge is 0.495 e. The second-order valence-electron chi connectivity index (χ2n) is 8.10. The summed E-state index contributed by atoms with van der Waals surface area (Å²) in [6.07, 6.45) is 0.124. The van der Waals surface area contributed by atoms with Gasteiger partial charge >= 0.3 is 5.97 Å². The first-order valence-corrected chi connectivity index (χ1v) is 11.0. The third-order valence-corrected chi connectivity index (χ3v) is 5.33. The van der Waals surface area contributed by atoms with Crippen molar-refractivity contribution in [1.29, 1.82) is 0 Å². The molecule has 2 N–H and O–H groups in total. The zero-order chi connectivity index (χ0) is 25.5. The maximum atomic E-state index is 12.4. The van der Waals surface area contributed by atoms with Crippen LogP contribution >= 0.6 is 0 Å². The molecule has 0 fully saturated rings. The molecule has 0 aliphatic carbocycles. The number of carbonyl (C=O) groups excluding carboxylic acids is 5. The van der Waals surface area contributed by atoms with Crippen LogP contribution in [0.1, 0.15) is 44.7 Å². The van der Waals surface area contributed by atoms with Crippen molar-refractivity contribution in [2.75, 3.05) is 32.1 Å². The standard InChI is InChI=1S/C25H27N3O7/c1-15-6-8-17-18(11-15)25(33)28(24(17)32)10-4-5-23(31)35-14-22(30)26-13-21(29)27-19-12-16(2)7-9-20(19)34-3/h6-9,11-12H,4-5,10,13-14H2,1-3H3,(H,26,30)(H,27,29). The van der Waals surface area contributed by atoms with Gasteiger partial charge in [-0.1, -0.05) is 17.7 Å². The Morgan fingerprint density at radius 2 is 1.60 bits per heavy atom. The van der Waals surface area contributed by atoms with Crippen LogP contribution in [0.2, 0.25) is 0 Å². The lowest BCUT2D eigenvalue weighted by Gasteiger charge is -2.13. The Balaban J connectivity index is 1.35. The molecule has 35 heavy (non-hydrogen) atoms. The fourth-order valence-electron chi connectivity index (χ4n) is 3.55. The van der Waals surface area contributed by atoms with Gasteiger partial charge in [-0.05, 0) is 50.1 Å². The van der Waals surface area contributed by atoms with Crippen molar-refractivity contribution in [1.82, 2.24) is 10.2 Å². The quantitative estimate of drug-likeness (QED) is 0.392. The van der Waals surface area contributed by atoms with Crippen molar-refractivity contribution in [3.05, 3.63) is 58.7 Å². The summed E-state index contributed by atoms with van der Waals surface area (Å²) in [6.45, 7) is 2.90. The summed E-state index contributed by atoms with van der Waals surface area (Å²) in [6, 6.07) is 10.3. The van der Waals surface area contributed by atoms with Crippen LogP contribution < -0.4 is 15.4 Å². The molecule has 10 heteroatoms. The van der Waals surface area contributed by atoms with E-state index < -0.39 is 24.4 Å². The number of imide groups is 1. The molecule has 1 aliphatic heterocycles. The Hall–Kier alpha value is -4.21. The van der Waals surface area contributed by atoms with Gasteiger partial charge in [-0.15, -0.1) is 0 Å². The van der Waals surface area contributed by atoms with Crippen molar-refractivity contribution >= 4 is 35.3 Å². The van der Waals surface area contributed by atoms with E-state index in [0.29, 0.717) is 22.6 Å². The van der Waals surface area contributed by atoms with Gasteiger partial charge in [0.1, 0.15) is 5.75 Å². The molecule has 2 aromatic rings. The van der Waals surface area contributed by atoms with Gasteiger partial charge < -0.3 is 20.1 Å². The van der Waals surface area contributed by atoms with Crippen LogP contribution in [0, 0.1) is 13.8 Å². The Kier molecular flexibility index (Phi) is 8.19. The van der Waals surface area contributed by atoms with Crippen LogP contribution in [-0.2, 0) is 19.1 Å². The van der Waals surface area contributed by atoms with Crippen LogP contribution in [0.3, 0.4) is 0 Å². The number of ether oxygens (including phenoxy) is 2. The maximum absolute atomic E-state index is 12.4. The summed E-state index contributed by atoms with van der Waals surface area (Å²) in [5, 5.41) is 5.02. The molecule has 0 atom stereocenters. The zero-order valence-corrected chi connectivity index (χ0v) is 19.8. The first-order chi connectivity index (χ1) is 16.7. The fourth-order valence-corrected chi connectivity index (χ4v) is 3.55. The summed E-state index contributed by atoms with van der Waals surface area (Å²) in [5.41, 5.74) is 2.99. The van der Waals surface area contributed by atoms with Gasteiger partial charge in [-0.2, -0.15) is 0 Å². The van der Waals surface area contributed by atoms with Gasteiger partial charge in [-0.25, -0.2) is 0 Å². The molecule has 0 unspecified atom stereocenters. The lowest BCUT2D eigenvalue weighted by molar-refractivity contribution is -0.148. The minimum atomic E-state index is -0.651. The molecule has 0 spiro atoms. The average Bonchev–Trinajstić information content (AvgIpc) is 3.05. The number of nitrogens with one attached hydrogen (secondary N) is 2. The fraction of sp³-hybridized carbons (Fsp3) is 0.320. The summed E-state index contributed by atoms with van der Waals surface area (Å²) in [7, 11) is 1.48. The van der Waals surface area contributed by atoms with Crippen molar-refractivity contribution in [3.63, 3.8) is 0 Å². The van der Waals surface area contributed by atoms with E-state index in [0.717, 1.165) is 16.0 Å². The van der Waals surface area contributed by atoms with Crippen molar-refractivity contribution in [3.8, 4) is 5.75 Å². The highest BCUT2D eigenvalue weighted by molar-refractivity contribution is 6.21. The number of aryl methyl sites for hydroxylation is 2. The van der Waals surface area contributed by atoms with Crippen LogP contribution in [-0.4, -0.2) is 61.3 Å². The number of benzene rings is 2. The molecule has 184 valence electrons. The molecule has 1 aliphatic rings. The van der Waals surface area contributed by atoms with E-state index in [1.807, 2.05) is 19.9 Å². The average molecular weight is 482 g/mol. The Morgan fingerprint density at radius 1 is 0.914 bits per heavy atom. The number of rotatable bonds is 10. The van der Waals surface area contributed by atoms with Crippen LogP contribution in [0.15, 0.2) is 36.4 Å². The molecule has 3 rings (SSSR count). The molecule has 0 radical (unpaired) electrons. The normalized spacial score (nSPS) is 12.3. The van der Waals surface area contributed by atoms with Crippen LogP contribution in [0.25, 0.3) is 0 Å². The maximum Gasteiger partial charge on any atom is 0.306 e. The number of hydrogen-bond donors (Lipinski definition) is 2. The van der Waals surface area contributed by atoms with Crippen LogP contribution in [0.4, 0.5) is 5.69 Å². The van der Waals surface area contributed by atoms with Crippen molar-refractivity contribution < 1.29 is 33.4 Å². The Bertz CT molecular complexity index is 1180. The summed E-state index contributed by atoms with van der Waals surface area (Å²) in [5.74, 6) is -2.05. The van der Waals surface area contributed by atoms with Gasteiger partial charge in [0, 0.05) is 13.0 Å². The number of anilines is 1. The lowest BCUT2D eigenvalue weighted by atomic mass is 10.1. The second kappa shape index (κ2) is 11.3.